The van der Waals surface area contributed by atoms with Crippen LogP contribution in [0, 0.1) is 0 Å². The first kappa shape index (κ1) is 13.5. The van der Waals surface area contributed by atoms with Crippen molar-refractivity contribution in [2.45, 2.75) is 31.8 Å². The SMILES string of the molecule is O=C(CCNCc1ccccc1C(=O)O)NC1CC1. The van der Waals surface area contributed by atoms with Crippen molar-refractivity contribution >= 4 is 11.9 Å². The van der Waals surface area contributed by atoms with Crippen molar-refractivity contribution < 1.29 is 14.7 Å². The molecule has 0 unspecified atom stereocenters. The van der Waals surface area contributed by atoms with Crippen LogP contribution in [-0.4, -0.2) is 29.6 Å². The normalized spacial score (nSPS) is 14.1. The molecule has 1 aromatic rings. The molecule has 1 saturated carbocycles. The molecule has 102 valence electrons. The summed E-state index contributed by atoms with van der Waals surface area (Å²) in [6, 6.07) is 7.26. The second-order valence-corrected chi connectivity index (χ2v) is 4.73. The van der Waals surface area contributed by atoms with Crippen LogP contribution in [-0.2, 0) is 11.3 Å². The van der Waals surface area contributed by atoms with Gasteiger partial charge in [0.05, 0.1) is 5.56 Å². The molecule has 0 aromatic heterocycles. The van der Waals surface area contributed by atoms with Gasteiger partial charge in [-0.25, -0.2) is 4.79 Å². The Kier molecular flexibility index (Phi) is 4.52. The van der Waals surface area contributed by atoms with Crippen LogP contribution in [0.1, 0.15) is 35.2 Å². The summed E-state index contributed by atoms with van der Waals surface area (Å²) in [5, 5.41) is 15.0. The maximum Gasteiger partial charge on any atom is 0.336 e. The van der Waals surface area contributed by atoms with Crippen LogP contribution in [0.25, 0.3) is 0 Å². The Hall–Kier alpha value is -1.88. The van der Waals surface area contributed by atoms with E-state index in [2.05, 4.69) is 10.6 Å². The summed E-state index contributed by atoms with van der Waals surface area (Å²) < 4.78 is 0. The van der Waals surface area contributed by atoms with Gasteiger partial charge in [0, 0.05) is 25.6 Å². The summed E-state index contributed by atoms with van der Waals surface area (Å²) in [6.45, 7) is 1.01. The highest BCUT2D eigenvalue weighted by Gasteiger charge is 2.22. The van der Waals surface area contributed by atoms with Gasteiger partial charge in [-0.3, -0.25) is 4.79 Å². The van der Waals surface area contributed by atoms with E-state index in [4.69, 9.17) is 5.11 Å². The highest BCUT2D eigenvalue weighted by atomic mass is 16.4. The number of carboxylic acids is 1. The molecule has 19 heavy (non-hydrogen) atoms. The molecule has 5 nitrogen and oxygen atoms in total. The monoisotopic (exact) mass is 262 g/mol. The van der Waals surface area contributed by atoms with E-state index < -0.39 is 5.97 Å². The molecule has 1 aromatic carbocycles. The zero-order chi connectivity index (χ0) is 13.7. The third-order valence-electron chi connectivity index (χ3n) is 3.03. The number of benzene rings is 1. The molecule has 3 N–H and O–H groups in total. The lowest BCUT2D eigenvalue weighted by atomic mass is 10.1. The Morgan fingerprint density at radius 1 is 1.26 bits per heavy atom. The van der Waals surface area contributed by atoms with Gasteiger partial charge in [-0.05, 0) is 24.5 Å². The standard InChI is InChI=1S/C14H18N2O3/c17-13(16-11-5-6-11)7-8-15-9-10-3-1-2-4-12(10)14(18)19/h1-4,11,15H,5-9H2,(H,16,17)(H,18,19). The van der Waals surface area contributed by atoms with E-state index in [1.165, 1.54) is 0 Å². The molecular formula is C14H18N2O3. The van der Waals surface area contributed by atoms with Crippen molar-refractivity contribution in [2.24, 2.45) is 0 Å². The number of nitrogens with one attached hydrogen (secondary N) is 2. The number of carbonyl (C=O) groups is 2. The van der Waals surface area contributed by atoms with E-state index in [-0.39, 0.29) is 5.91 Å². The van der Waals surface area contributed by atoms with Gasteiger partial charge in [-0.2, -0.15) is 0 Å². The molecule has 0 radical (unpaired) electrons. The Morgan fingerprint density at radius 3 is 2.68 bits per heavy atom. The van der Waals surface area contributed by atoms with Gasteiger partial charge in [0.15, 0.2) is 0 Å². The first-order valence-corrected chi connectivity index (χ1v) is 6.48. The summed E-state index contributed by atoms with van der Waals surface area (Å²) in [4.78, 5) is 22.4. The lowest BCUT2D eigenvalue weighted by Crippen LogP contribution is -2.29. The first-order chi connectivity index (χ1) is 9.16. The Bertz CT molecular complexity index is 470. The molecule has 0 bridgehead atoms. The Labute approximate surface area is 112 Å². The predicted octanol–water partition coefficient (Wildman–Crippen LogP) is 1.14. The molecular weight excluding hydrogens is 244 g/mol. The van der Waals surface area contributed by atoms with Crippen molar-refractivity contribution in [1.82, 2.24) is 10.6 Å². The van der Waals surface area contributed by atoms with E-state index in [1.807, 2.05) is 6.07 Å². The largest absolute Gasteiger partial charge is 0.478 e. The molecule has 0 atom stereocenters. The number of amides is 1. The molecule has 0 aliphatic heterocycles. The quantitative estimate of drug-likeness (QED) is 0.644. The van der Waals surface area contributed by atoms with Gasteiger partial charge in [0.1, 0.15) is 0 Å². The summed E-state index contributed by atoms with van der Waals surface area (Å²) in [7, 11) is 0. The summed E-state index contributed by atoms with van der Waals surface area (Å²) >= 11 is 0. The van der Waals surface area contributed by atoms with Crippen molar-refractivity contribution in [3.63, 3.8) is 0 Å². The predicted molar refractivity (Wildman–Crippen MR) is 70.9 cm³/mol. The maximum absolute atomic E-state index is 11.4. The molecule has 1 aliphatic rings. The minimum Gasteiger partial charge on any atom is -0.478 e. The second kappa shape index (κ2) is 6.33. The molecule has 0 saturated heterocycles. The van der Waals surface area contributed by atoms with E-state index in [0.29, 0.717) is 31.1 Å². The summed E-state index contributed by atoms with van der Waals surface area (Å²) in [6.07, 6.45) is 2.60. The summed E-state index contributed by atoms with van der Waals surface area (Å²) in [5.74, 6) is -0.870. The van der Waals surface area contributed by atoms with Crippen molar-refractivity contribution in [2.75, 3.05) is 6.54 Å². The topological polar surface area (TPSA) is 78.4 Å². The second-order valence-electron chi connectivity index (χ2n) is 4.73. The molecule has 1 aliphatic carbocycles. The smallest absolute Gasteiger partial charge is 0.336 e. The Morgan fingerprint density at radius 2 is 2.00 bits per heavy atom. The fourth-order valence-electron chi connectivity index (χ4n) is 1.84. The number of aromatic carboxylic acids is 1. The van der Waals surface area contributed by atoms with Crippen molar-refractivity contribution in [3.8, 4) is 0 Å². The highest BCUT2D eigenvalue weighted by Crippen LogP contribution is 2.18. The van der Waals surface area contributed by atoms with Crippen LogP contribution in [0.5, 0.6) is 0 Å². The average molecular weight is 262 g/mol. The average Bonchev–Trinajstić information content (AvgIpc) is 3.19. The van der Waals surface area contributed by atoms with E-state index in [0.717, 1.165) is 18.4 Å². The minimum atomic E-state index is -0.927. The minimum absolute atomic E-state index is 0.0570. The van der Waals surface area contributed by atoms with Crippen LogP contribution < -0.4 is 10.6 Å². The zero-order valence-corrected chi connectivity index (χ0v) is 10.7. The third kappa shape index (κ3) is 4.37. The molecule has 1 fully saturated rings. The number of rotatable bonds is 7. The molecule has 0 heterocycles. The van der Waals surface area contributed by atoms with Crippen molar-refractivity contribution in [3.05, 3.63) is 35.4 Å². The number of carbonyl (C=O) groups excluding carboxylic acids is 1. The first-order valence-electron chi connectivity index (χ1n) is 6.48. The van der Waals surface area contributed by atoms with Gasteiger partial charge in [-0.1, -0.05) is 18.2 Å². The Balaban J connectivity index is 1.72. The van der Waals surface area contributed by atoms with Crippen LogP contribution in [0.3, 0.4) is 0 Å². The number of hydrogen-bond acceptors (Lipinski definition) is 3. The highest BCUT2D eigenvalue weighted by molar-refractivity contribution is 5.89. The fraction of sp³-hybridized carbons (Fsp3) is 0.429. The van der Waals surface area contributed by atoms with Gasteiger partial charge in [-0.15, -0.1) is 0 Å². The van der Waals surface area contributed by atoms with Crippen molar-refractivity contribution in [1.29, 1.82) is 0 Å². The number of carboxylic acid groups (broad SMARTS) is 1. The van der Waals surface area contributed by atoms with Crippen LogP contribution in [0.15, 0.2) is 24.3 Å². The summed E-state index contributed by atoms with van der Waals surface area (Å²) in [5.41, 5.74) is 1.04. The lowest BCUT2D eigenvalue weighted by molar-refractivity contribution is -0.121. The molecule has 1 amide bonds. The molecule has 2 rings (SSSR count). The van der Waals surface area contributed by atoms with Gasteiger partial charge in [0.25, 0.3) is 0 Å². The van der Waals surface area contributed by atoms with E-state index in [1.54, 1.807) is 18.2 Å². The van der Waals surface area contributed by atoms with Crippen LogP contribution in [0.4, 0.5) is 0 Å². The lowest BCUT2D eigenvalue weighted by Gasteiger charge is -2.08. The van der Waals surface area contributed by atoms with Crippen LogP contribution in [0.2, 0.25) is 0 Å². The maximum atomic E-state index is 11.4. The van der Waals surface area contributed by atoms with Gasteiger partial charge >= 0.3 is 5.97 Å². The third-order valence-corrected chi connectivity index (χ3v) is 3.03. The van der Waals surface area contributed by atoms with E-state index >= 15 is 0 Å². The molecule has 5 heteroatoms. The number of hydrogen-bond donors (Lipinski definition) is 3. The zero-order valence-electron chi connectivity index (χ0n) is 10.7. The fourth-order valence-corrected chi connectivity index (χ4v) is 1.84. The van der Waals surface area contributed by atoms with E-state index in [9.17, 15) is 9.59 Å². The molecule has 0 spiro atoms. The van der Waals surface area contributed by atoms with Crippen LogP contribution >= 0.6 is 0 Å². The van der Waals surface area contributed by atoms with Gasteiger partial charge in [0.2, 0.25) is 5.91 Å². The van der Waals surface area contributed by atoms with Gasteiger partial charge < -0.3 is 15.7 Å².